The van der Waals surface area contributed by atoms with Crippen molar-refractivity contribution in [2.24, 2.45) is 0 Å². The Morgan fingerprint density at radius 2 is 1.79 bits per heavy atom. The Morgan fingerprint density at radius 3 is 2.45 bits per heavy atom. The number of amides is 1. The number of ether oxygens (including phenoxy) is 2. The number of methoxy groups -OCH3 is 1. The lowest BCUT2D eigenvalue weighted by molar-refractivity contribution is -0.0440. The average Bonchev–Trinajstić information content (AvgIpc) is 3.27. The normalized spacial score (nSPS) is 19.2. The molecule has 174 valence electrons. The van der Waals surface area contributed by atoms with E-state index in [4.69, 9.17) is 13.9 Å². The number of sulfonamides is 1. The summed E-state index contributed by atoms with van der Waals surface area (Å²) in [5.74, 6) is 0.348. The van der Waals surface area contributed by atoms with Gasteiger partial charge in [0.05, 0.1) is 24.2 Å². The van der Waals surface area contributed by atoms with Crippen LogP contribution in [0.2, 0.25) is 0 Å². The van der Waals surface area contributed by atoms with Crippen molar-refractivity contribution in [3.05, 3.63) is 54.1 Å². The van der Waals surface area contributed by atoms with Crippen molar-refractivity contribution in [2.75, 3.05) is 25.5 Å². The third kappa shape index (κ3) is 5.05. The summed E-state index contributed by atoms with van der Waals surface area (Å²) >= 11 is 0. The molecule has 0 aliphatic carbocycles. The fourth-order valence-electron chi connectivity index (χ4n) is 3.57. The molecule has 0 saturated carbocycles. The van der Waals surface area contributed by atoms with Gasteiger partial charge in [0.25, 0.3) is 5.91 Å². The Bertz CT molecular complexity index is 1230. The zero-order valence-corrected chi connectivity index (χ0v) is 19.2. The number of nitrogens with one attached hydrogen (secondary N) is 1. The van der Waals surface area contributed by atoms with Gasteiger partial charge in [-0.2, -0.15) is 4.31 Å². The minimum atomic E-state index is -3.69. The molecule has 1 N–H and O–H groups in total. The molecule has 2 heterocycles. The van der Waals surface area contributed by atoms with Crippen LogP contribution in [0.5, 0.6) is 5.75 Å². The molecule has 33 heavy (non-hydrogen) atoms. The summed E-state index contributed by atoms with van der Waals surface area (Å²) in [6, 6.07) is 12.7. The first kappa shape index (κ1) is 22.9. The van der Waals surface area contributed by atoms with E-state index in [1.165, 1.54) is 28.6 Å². The molecule has 0 spiro atoms. The third-order valence-electron chi connectivity index (χ3n) is 5.10. The molecule has 1 saturated heterocycles. The Hall–Kier alpha value is -3.28. The number of carbonyl (C=O) groups is 1. The largest absolute Gasteiger partial charge is 0.497 e. The van der Waals surface area contributed by atoms with Crippen LogP contribution in [-0.2, 0) is 14.8 Å². The van der Waals surface area contributed by atoms with Crippen LogP contribution in [0.1, 0.15) is 24.2 Å². The molecule has 1 aliphatic rings. The molecule has 0 radical (unpaired) electrons. The summed E-state index contributed by atoms with van der Waals surface area (Å²) in [5, 5.41) is 10.3. The topological polar surface area (TPSA) is 124 Å². The van der Waals surface area contributed by atoms with Crippen LogP contribution in [-0.4, -0.2) is 61.2 Å². The second-order valence-corrected chi connectivity index (χ2v) is 9.64. The maximum absolute atomic E-state index is 13.0. The van der Waals surface area contributed by atoms with Gasteiger partial charge in [0.2, 0.25) is 15.9 Å². The number of hydrogen-bond donors (Lipinski definition) is 1. The molecule has 0 unspecified atom stereocenters. The molecule has 3 aromatic rings. The molecule has 1 aliphatic heterocycles. The van der Waals surface area contributed by atoms with Gasteiger partial charge in [0.15, 0.2) is 0 Å². The van der Waals surface area contributed by atoms with E-state index in [1.807, 2.05) is 13.8 Å². The molecular weight excluding hydrogens is 448 g/mol. The van der Waals surface area contributed by atoms with Crippen LogP contribution in [0.3, 0.4) is 0 Å². The molecule has 1 amide bonds. The highest BCUT2D eigenvalue weighted by atomic mass is 32.2. The van der Waals surface area contributed by atoms with Gasteiger partial charge in [0.1, 0.15) is 5.75 Å². The van der Waals surface area contributed by atoms with Crippen LogP contribution in [0.15, 0.2) is 57.8 Å². The number of nitrogens with zero attached hydrogens (tertiary/aromatic N) is 3. The third-order valence-corrected chi connectivity index (χ3v) is 6.95. The lowest BCUT2D eigenvalue weighted by Crippen LogP contribution is -2.48. The number of anilines is 1. The van der Waals surface area contributed by atoms with Crippen molar-refractivity contribution < 1.29 is 27.1 Å². The minimum Gasteiger partial charge on any atom is -0.497 e. The zero-order valence-electron chi connectivity index (χ0n) is 18.4. The molecule has 1 fully saturated rings. The second-order valence-electron chi connectivity index (χ2n) is 7.70. The maximum atomic E-state index is 13.0. The van der Waals surface area contributed by atoms with Gasteiger partial charge >= 0.3 is 6.01 Å². The quantitative estimate of drug-likeness (QED) is 0.581. The van der Waals surface area contributed by atoms with Gasteiger partial charge in [-0.1, -0.05) is 11.2 Å². The van der Waals surface area contributed by atoms with Gasteiger partial charge in [-0.25, -0.2) is 8.42 Å². The number of aromatic nitrogens is 2. The fraction of sp³-hybridized carbons (Fsp3) is 0.318. The Balaban J connectivity index is 1.45. The van der Waals surface area contributed by atoms with E-state index in [0.29, 0.717) is 11.3 Å². The Kier molecular flexibility index (Phi) is 6.45. The second kappa shape index (κ2) is 9.30. The molecule has 2 atom stereocenters. The van der Waals surface area contributed by atoms with E-state index in [-0.39, 0.29) is 47.7 Å². The summed E-state index contributed by atoms with van der Waals surface area (Å²) < 4.78 is 43.6. The first-order chi connectivity index (χ1) is 15.8. The average molecular weight is 473 g/mol. The molecule has 11 heteroatoms. The van der Waals surface area contributed by atoms with Gasteiger partial charge in [-0.05, 0) is 56.3 Å². The highest BCUT2D eigenvalue weighted by molar-refractivity contribution is 7.89. The summed E-state index contributed by atoms with van der Waals surface area (Å²) in [6.07, 6.45) is -0.380. The van der Waals surface area contributed by atoms with Gasteiger partial charge in [-0.15, -0.1) is 5.10 Å². The summed E-state index contributed by atoms with van der Waals surface area (Å²) in [6.45, 7) is 4.23. The van der Waals surface area contributed by atoms with Crippen molar-refractivity contribution >= 4 is 21.9 Å². The van der Waals surface area contributed by atoms with E-state index in [9.17, 15) is 13.2 Å². The van der Waals surface area contributed by atoms with Crippen molar-refractivity contribution in [2.45, 2.75) is 31.0 Å². The number of carbonyl (C=O) groups excluding carboxylic acids is 1. The van der Waals surface area contributed by atoms with E-state index < -0.39 is 15.9 Å². The number of morpholine rings is 1. The lowest BCUT2D eigenvalue weighted by Gasteiger charge is -2.34. The molecule has 10 nitrogen and oxygen atoms in total. The summed E-state index contributed by atoms with van der Waals surface area (Å²) in [4.78, 5) is 12.7. The van der Waals surface area contributed by atoms with E-state index >= 15 is 0 Å². The first-order valence-corrected chi connectivity index (χ1v) is 11.7. The number of hydrogen-bond acceptors (Lipinski definition) is 8. The predicted octanol–water partition coefficient (Wildman–Crippen LogP) is 2.80. The first-order valence-electron chi connectivity index (χ1n) is 10.3. The highest BCUT2D eigenvalue weighted by Crippen LogP contribution is 2.25. The number of rotatable bonds is 6. The SMILES string of the molecule is COc1cccc(-c2nnc(NC(=O)c3ccc(S(=O)(=O)N4C[C@@H](C)O[C@H](C)C4)cc3)o2)c1. The fourth-order valence-corrected chi connectivity index (χ4v) is 5.16. The Morgan fingerprint density at radius 1 is 1.09 bits per heavy atom. The smallest absolute Gasteiger partial charge is 0.322 e. The van der Waals surface area contributed by atoms with Crippen LogP contribution in [0.4, 0.5) is 6.01 Å². The van der Waals surface area contributed by atoms with Crippen LogP contribution < -0.4 is 10.1 Å². The zero-order chi connectivity index (χ0) is 23.6. The summed E-state index contributed by atoms with van der Waals surface area (Å²) in [5.41, 5.74) is 0.891. The molecular formula is C22H24N4O6S. The van der Waals surface area contributed by atoms with Crippen LogP contribution in [0.25, 0.3) is 11.5 Å². The lowest BCUT2D eigenvalue weighted by atomic mass is 10.2. The molecule has 2 aromatic carbocycles. The molecule has 1 aromatic heterocycles. The van der Waals surface area contributed by atoms with Gasteiger partial charge < -0.3 is 13.9 Å². The van der Waals surface area contributed by atoms with Gasteiger partial charge in [-0.3, -0.25) is 10.1 Å². The van der Waals surface area contributed by atoms with Crippen molar-refractivity contribution in [1.29, 1.82) is 0 Å². The standard InChI is InChI=1S/C22H24N4O6S/c1-14-12-26(13-15(2)31-14)33(28,29)19-9-7-16(8-10-19)20(27)23-22-25-24-21(32-22)17-5-4-6-18(11-17)30-3/h4-11,14-15H,12-13H2,1-3H3,(H,23,25,27)/t14-,15-/m1/s1. The molecule has 4 rings (SSSR count). The van der Waals surface area contributed by atoms with Crippen LogP contribution >= 0.6 is 0 Å². The van der Waals surface area contributed by atoms with Crippen molar-refractivity contribution in [3.8, 4) is 17.2 Å². The summed E-state index contributed by atoms with van der Waals surface area (Å²) in [7, 11) is -2.14. The molecule has 0 bridgehead atoms. The highest BCUT2D eigenvalue weighted by Gasteiger charge is 2.32. The van der Waals surface area contributed by atoms with E-state index in [0.717, 1.165) is 0 Å². The minimum absolute atomic E-state index is 0.0780. The predicted molar refractivity (Wildman–Crippen MR) is 119 cm³/mol. The Labute approximate surface area is 191 Å². The van der Waals surface area contributed by atoms with E-state index in [2.05, 4.69) is 15.5 Å². The van der Waals surface area contributed by atoms with Crippen LogP contribution in [0, 0.1) is 0 Å². The maximum Gasteiger partial charge on any atom is 0.322 e. The van der Waals surface area contributed by atoms with Gasteiger partial charge in [0, 0.05) is 24.2 Å². The van der Waals surface area contributed by atoms with Crippen molar-refractivity contribution in [1.82, 2.24) is 14.5 Å². The van der Waals surface area contributed by atoms with E-state index in [1.54, 1.807) is 31.4 Å². The monoisotopic (exact) mass is 472 g/mol. The van der Waals surface area contributed by atoms with Crippen molar-refractivity contribution in [3.63, 3.8) is 0 Å². The number of benzene rings is 2.